The Labute approximate surface area is 125 Å². The van der Waals surface area contributed by atoms with E-state index in [0.717, 1.165) is 44.0 Å². The van der Waals surface area contributed by atoms with Crippen molar-refractivity contribution in [1.29, 1.82) is 0 Å². The van der Waals surface area contributed by atoms with Gasteiger partial charge in [-0.3, -0.25) is 9.69 Å². The molecule has 3 rings (SSSR count). The van der Waals surface area contributed by atoms with Crippen LogP contribution in [0.1, 0.15) is 31.4 Å². The summed E-state index contributed by atoms with van der Waals surface area (Å²) in [5, 5.41) is 0.830. The maximum atomic E-state index is 12.0. The Morgan fingerprint density at radius 3 is 2.45 bits per heavy atom. The van der Waals surface area contributed by atoms with Crippen LogP contribution in [-0.4, -0.2) is 41.9 Å². The predicted octanol–water partition coefficient (Wildman–Crippen LogP) is 2.96. The van der Waals surface area contributed by atoms with Crippen LogP contribution in [0.15, 0.2) is 24.3 Å². The molecule has 2 aliphatic rings. The van der Waals surface area contributed by atoms with Gasteiger partial charge in [-0.1, -0.05) is 29.8 Å². The lowest BCUT2D eigenvalue weighted by Crippen LogP contribution is -2.49. The van der Waals surface area contributed by atoms with Crippen LogP contribution >= 0.6 is 11.6 Å². The molecule has 1 unspecified atom stereocenters. The fourth-order valence-electron chi connectivity index (χ4n) is 2.93. The number of halogens is 1. The predicted molar refractivity (Wildman–Crippen MR) is 80.7 cm³/mol. The lowest BCUT2D eigenvalue weighted by molar-refractivity contribution is -0.134. The average Bonchev–Trinajstić information content (AvgIpc) is 3.31. The fourth-order valence-corrected chi connectivity index (χ4v) is 3.22. The zero-order valence-corrected chi connectivity index (χ0v) is 12.6. The first-order chi connectivity index (χ1) is 9.66. The Hall–Kier alpha value is -1.06. The summed E-state index contributed by atoms with van der Waals surface area (Å²) < 4.78 is 0. The van der Waals surface area contributed by atoms with Crippen LogP contribution < -0.4 is 0 Å². The Morgan fingerprint density at radius 1 is 1.20 bits per heavy atom. The van der Waals surface area contributed by atoms with Gasteiger partial charge in [-0.15, -0.1) is 0 Å². The van der Waals surface area contributed by atoms with Gasteiger partial charge < -0.3 is 4.90 Å². The summed E-state index contributed by atoms with van der Waals surface area (Å²) in [7, 11) is 0. The Bertz CT molecular complexity index is 493. The van der Waals surface area contributed by atoms with Crippen LogP contribution in [0.4, 0.5) is 0 Å². The number of carbonyl (C=O) groups is 1. The zero-order valence-electron chi connectivity index (χ0n) is 11.9. The second-order valence-electron chi connectivity index (χ2n) is 5.83. The fraction of sp³-hybridized carbons (Fsp3) is 0.562. The largest absolute Gasteiger partial charge is 0.340 e. The van der Waals surface area contributed by atoms with Gasteiger partial charge in [-0.2, -0.15) is 0 Å². The van der Waals surface area contributed by atoms with E-state index in [1.165, 1.54) is 5.56 Å². The van der Waals surface area contributed by atoms with E-state index >= 15 is 0 Å². The van der Waals surface area contributed by atoms with Gasteiger partial charge in [0.05, 0.1) is 0 Å². The van der Waals surface area contributed by atoms with Crippen molar-refractivity contribution in [2.75, 3.05) is 26.2 Å². The SMILES string of the molecule is CC(c1ccccc1Cl)N1CCN(C(=O)C2CC2)CC1. The van der Waals surface area contributed by atoms with E-state index in [2.05, 4.69) is 17.9 Å². The average molecular weight is 293 g/mol. The molecule has 1 aliphatic heterocycles. The van der Waals surface area contributed by atoms with Crippen LogP contribution in [0.25, 0.3) is 0 Å². The molecule has 20 heavy (non-hydrogen) atoms. The minimum Gasteiger partial charge on any atom is -0.340 e. The quantitative estimate of drug-likeness (QED) is 0.855. The third-order valence-electron chi connectivity index (χ3n) is 4.46. The smallest absolute Gasteiger partial charge is 0.225 e. The molecule has 1 saturated carbocycles. The van der Waals surface area contributed by atoms with Gasteiger partial charge in [-0.25, -0.2) is 0 Å². The van der Waals surface area contributed by atoms with Crippen molar-refractivity contribution in [1.82, 2.24) is 9.80 Å². The van der Waals surface area contributed by atoms with E-state index in [0.29, 0.717) is 17.9 Å². The van der Waals surface area contributed by atoms with E-state index in [4.69, 9.17) is 11.6 Å². The van der Waals surface area contributed by atoms with Gasteiger partial charge in [0.2, 0.25) is 5.91 Å². The van der Waals surface area contributed by atoms with Crippen molar-refractivity contribution in [3.05, 3.63) is 34.9 Å². The molecule has 0 N–H and O–H groups in total. The summed E-state index contributed by atoms with van der Waals surface area (Å²) in [5.74, 6) is 0.706. The maximum absolute atomic E-state index is 12.0. The molecule has 3 nitrogen and oxygen atoms in total. The van der Waals surface area contributed by atoms with Gasteiger partial charge >= 0.3 is 0 Å². The first kappa shape index (κ1) is 13.9. The molecular formula is C16H21ClN2O. The standard InChI is InChI=1S/C16H21ClN2O/c1-12(14-4-2-3-5-15(14)17)18-8-10-19(11-9-18)16(20)13-6-7-13/h2-5,12-13H,6-11H2,1H3. The van der Waals surface area contributed by atoms with Crippen LogP contribution in [0.3, 0.4) is 0 Å². The maximum Gasteiger partial charge on any atom is 0.225 e. The molecule has 1 saturated heterocycles. The third kappa shape index (κ3) is 2.84. The molecule has 1 atom stereocenters. The second-order valence-corrected chi connectivity index (χ2v) is 6.24. The molecule has 2 fully saturated rings. The molecule has 0 spiro atoms. The summed E-state index contributed by atoms with van der Waals surface area (Å²) in [6.45, 7) is 5.77. The summed E-state index contributed by atoms with van der Waals surface area (Å²) in [6, 6.07) is 8.34. The number of nitrogens with zero attached hydrogens (tertiary/aromatic N) is 2. The van der Waals surface area contributed by atoms with Crippen molar-refractivity contribution in [2.24, 2.45) is 5.92 Å². The number of benzene rings is 1. The Kier molecular flexibility index (Phi) is 3.99. The monoisotopic (exact) mass is 292 g/mol. The van der Waals surface area contributed by atoms with Gasteiger partial charge in [-0.05, 0) is 31.4 Å². The molecule has 1 amide bonds. The molecule has 4 heteroatoms. The molecular weight excluding hydrogens is 272 g/mol. The minimum absolute atomic E-state index is 0.307. The van der Waals surface area contributed by atoms with Gasteiger partial charge in [0, 0.05) is 43.2 Å². The first-order valence-electron chi connectivity index (χ1n) is 7.44. The minimum atomic E-state index is 0.307. The highest BCUT2D eigenvalue weighted by atomic mass is 35.5. The number of carbonyl (C=O) groups excluding carboxylic acids is 1. The summed E-state index contributed by atoms with van der Waals surface area (Å²) in [5.41, 5.74) is 1.18. The van der Waals surface area contributed by atoms with Crippen LogP contribution in [-0.2, 0) is 4.79 Å². The number of piperazine rings is 1. The molecule has 0 radical (unpaired) electrons. The van der Waals surface area contributed by atoms with Crippen LogP contribution in [0, 0.1) is 5.92 Å². The Morgan fingerprint density at radius 2 is 1.85 bits per heavy atom. The van der Waals surface area contributed by atoms with Crippen molar-refractivity contribution in [3.8, 4) is 0 Å². The third-order valence-corrected chi connectivity index (χ3v) is 4.80. The number of hydrogen-bond acceptors (Lipinski definition) is 2. The highest BCUT2D eigenvalue weighted by Crippen LogP contribution is 2.32. The van der Waals surface area contributed by atoms with E-state index in [9.17, 15) is 4.79 Å². The van der Waals surface area contributed by atoms with E-state index in [1.807, 2.05) is 23.1 Å². The van der Waals surface area contributed by atoms with E-state index in [-0.39, 0.29) is 0 Å². The van der Waals surface area contributed by atoms with Crippen molar-refractivity contribution in [2.45, 2.75) is 25.8 Å². The number of hydrogen-bond donors (Lipinski definition) is 0. The Balaban J connectivity index is 1.60. The molecule has 1 aromatic rings. The normalized spacial score (nSPS) is 21.8. The summed E-state index contributed by atoms with van der Waals surface area (Å²) >= 11 is 6.28. The molecule has 1 aromatic carbocycles. The summed E-state index contributed by atoms with van der Waals surface area (Å²) in [4.78, 5) is 16.5. The molecule has 108 valence electrons. The highest BCUT2D eigenvalue weighted by molar-refractivity contribution is 6.31. The number of amides is 1. The van der Waals surface area contributed by atoms with Crippen molar-refractivity contribution in [3.63, 3.8) is 0 Å². The van der Waals surface area contributed by atoms with Crippen molar-refractivity contribution >= 4 is 17.5 Å². The first-order valence-corrected chi connectivity index (χ1v) is 7.82. The van der Waals surface area contributed by atoms with Crippen LogP contribution in [0.5, 0.6) is 0 Å². The van der Waals surface area contributed by atoms with Gasteiger partial charge in [0.25, 0.3) is 0 Å². The summed E-state index contributed by atoms with van der Waals surface area (Å²) in [6.07, 6.45) is 2.18. The number of rotatable bonds is 3. The van der Waals surface area contributed by atoms with E-state index < -0.39 is 0 Å². The molecule has 1 aliphatic carbocycles. The highest BCUT2D eigenvalue weighted by Gasteiger charge is 2.35. The molecule has 0 bridgehead atoms. The van der Waals surface area contributed by atoms with E-state index in [1.54, 1.807) is 0 Å². The van der Waals surface area contributed by atoms with Gasteiger partial charge in [0.15, 0.2) is 0 Å². The topological polar surface area (TPSA) is 23.6 Å². The lowest BCUT2D eigenvalue weighted by Gasteiger charge is -2.38. The van der Waals surface area contributed by atoms with Crippen LogP contribution in [0.2, 0.25) is 5.02 Å². The molecule has 1 heterocycles. The van der Waals surface area contributed by atoms with Crippen molar-refractivity contribution < 1.29 is 4.79 Å². The molecule has 0 aromatic heterocycles. The van der Waals surface area contributed by atoms with Gasteiger partial charge in [0.1, 0.15) is 0 Å². The lowest BCUT2D eigenvalue weighted by atomic mass is 10.1. The second kappa shape index (κ2) is 5.74. The zero-order chi connectivity index (χ0) is 14.1.